The first-order chi connectivity index (χ1) is 17.1. The summed E-state index contributed by atoms with van der Waals surface area (Å²) in [5, 5.41) is 11.5. The monoisotopic (exact) mass is 483 g/mol. The molecule has 1 unspecified atom stereocenters. The predicted molar refractivity (Wildman–Crippen MR) is 144 cm³/mol. The fourth-order valence-electron chi connectivity index (χ4n) is 4.76. The third-order valence-electron chi connectivity index (χ3n) is 6.77. The van der Waals surface area contributed by atoms with E-state index in [0.717, 1.165) is 22.3 Å². The van der Waals surface area contributed by atoms with Gasteiger partial charge in [-0.25, -0.2) is 0 Å². The molecule has 36 heavy (non-hydrogen) atoms. The van der Waals surface area contributed by atoms with Crippen LogP contribution in [-0.2, 0) is 9.59 Å². The summed E-state index contributed by atoms with van der Waals surface area (Å²) in [4.78, 5) is 28.4. The number of methoxy groups -OCH3 is 1. The van der Waals surface area contributed by atoms with Gasteiger partial charge >= 0.3 is 0 Å². The van der Waals surface area contributed by atoms with Crippen molar-refractivity contribution in [3.8, 4) is 5.75 Å². The van der Waals surface area contributed by atoms with Gasteiger partial charge in [-0.15, -0.1) is 0 Å². The second-order valence-electron chi connectivity index (χ2n) is 9.94. The number of carbonyl (C=O) groups is 2. The lowest BCUT2D eigenvalue weighted by atomic mass is 9.92. The predicted octanol–water partition coefficient (Wildman–Crippen LogP) is 6.88. The van der Waals surface area contributed by atoms with Gasteiger partial charge in [-0.2, -0.15) is 0 Å². The first-order valence-corrected chi connectivity index (χ1v) is 12.3. The van der Waals surface area contributed by atoms with E-state index in [0.29, 0.717) is 22.9 Å². The van der Waals surface area contributed by atoms with Gasteiger partial charge in [-0.05, 0) is 65.8 Å². The number of hydrogen-bond donors (Lipinski definition) is 1. The molecule has 5 heteroatoms. The second-order valence-corrected chi connectivity index (χ2v) is 9.94. The van der Waals surface area contributed by atoms with Crippen LogP contribution in [0.4, 0.5) is 5.69 Å². The minimum atomic E-state index is -0.751. The van der Waals surface area contributed by atoms with Crippen LogP contribution in [0.25, 0.3) is 5.76 Å². The van der Waals surface area contributed by atoms with Crippen LogP contribution in [0.2, 0.25) is 0 Å². The number of ketones is 1. The quantitative estimate of drug-likeness (QED) is 0.236. The normalized spacial score (nSPS) is 17.3. The molecule has 1 amide bonds. The zero-order chi connectivity index (χ0) is 26.1. The minimum Gasteiger partial charge on any atom is -0.507 e. The van der Waals surface area contributed by atoms with Crippen LogP contribution < -0.4 is 9.64 Å². The zero-order valence-electron chi connectivity index (χ0n) is 21.7. The van der Waals surface area contributed by atoms with Crippen LogP contribution in [0.1, 0.15) is 73.4 Å². The number of ether oxygens (including phenoxy) is 1. The number of aliphatic hydroxyl groups excluding tert-OH is 1. The molecule has 5 nitrogen and oxygen atoms in total. The molecule has 3 aromatic carbocycles. The van der Waals surface area contributed by atoms with E-state index in [2.05, 4.69) is 13.8 Å². The van der Waals surface area contributed by atoms with Crippen molar-refractivity contribution in [2.24, 2.45) is 0 Å². The Morgan fingerprint density at radius 1 is 0.917 bits per heavy atom. The van der Waals surface area contributed by atoms with E-state index in [4.69, 9.17) is 4.74 Å². The third-order valence-corrected chi connectivity index (χ3v) is 6.77. The molecule has 1 heterocycles. The molecule has 1 N–H and O–H groups in total. The van der Waals surface area contributed by atoms with Gasteiger partial charge in [0.2, 0.25) is 0 Å². The lowest BCUT2D eigenvalue weighted by Crippen LogP contribution is -2.29. The Balaban J connectivity index is 1.93. The number of hydrogen-bond acceptors (Lipinski definition) is 4. The van der Waals surface area contributed by atoms with Crippen molar-refractivity contribution in [2.75, 3.05) is 12.0 Å². The van der Waals surface area contributed by atoms with E-state index in [1.807, 2.05) is 75.4 Å². The number of Topliss-reactive ketones (excluding diaryl/α,β-unsaturated/α-hetero) is 1. The Bertz CT molecular complexity index is 1330. The molecule has 0 radical (unpaired) electrons. The maximum absolute atomic E-state index is 13.5. The smallest absolute Gasteiger partial charge is 0.300 e. The standard InChI is InChI=1S/C31H33NO4/c1-18(2)21-10-13-24(14-11-21)32-28(22-9-7-8-20(5)16-22)27(30(34)31(32)35)29(33)23-12-15-26(36-6)25(17-23)19(3)4/h7-19,28,33H,1-6H3/b29-27-. The molecular formula is C31H33NO4. The zero-order valence-corrected chi connectivity index (χ0v) is 21.7. The van der Waals surface area contributed by atoms with Gasteiger partial charge in [0.05, 0.1) is 18.7 Å². The minimum absolute atomic E-state index is 0.0819. The highest BCUT2D eigenvalue weighted by Crippen LogP contribution is 2.43. The molecule has 0 saturated carbocycles. The van der Waals surface area contributed by atoms with E-state index in [-0.39, 0.29) is 17.3 Å². The van der Waals surface area contributed by atoms with Gasteiger partial charge in [-0.3, -0.25) is 14.5 Å². The molecule has 1 aliphatic rings. The van der Waals surface area contributed by atoms with Gasteiger partial charge in [0.25, 0.3) is 11.7 Å². The summed E-state index contributed by atoms with van der Waals surface area (Å²) in [6.07, 6.45) is 0. The van der Waals surface area contributed by atoms with Gasteiger partial charge in [0.15, 0.2) is 0 Å². The highest BCUT2D eigenvalue weighted by Gasteiger charge is 2.47. The van der Waals surface area contributed by atoms with Gasteiger partial charge in [-0.1, -0.05) is 69.7 Å². The molecule has 1 saturated heterocycles. The van der Waals surface area contributed by atoms with Gasteiger partial charge in [0, 0.05) is 11.3 Å². The Kier molecular flexibility index (Phi) is 7.02. The first-order valence-electron chi connectivity index (χ1n) is 12.3. The number of rotatable bonds is 6. The van der Waals surface area contributed by atoms with E-state index in [1.165, 1.54) is 4.90 Å². The average Bonchev–Trinajstić information content (AvgIpc) is 3.13. The summed E-state index contributed by atoms with van der Waals surface area (Å²) >= 11 is 0. The van der Waals surface area contributed by atoms with Crippen LogP contribution in [0, 0.1) is 6.92 Å². The lowest BCUT2D eigenvalue weighted by Gasteiger charge is -2.26. The van der Waals surface area contributed by atoms with E-state index >= 15 is 0 Å². The number of aryl methyl sites for hydroxylation is 1. The number of anilines is 1. The van der Waals surface area contributed by atoms with E-state index in [9.17, 15) is 14.7 Å². The number of aliphatic hydroxyl groups is 1. The highest BCUT2D eigenvalue weighted by molar-refractivity contribution is 6.51. The lowest BCUT2D eigenvalue weighted by molar-refractivity contribution is -0.132. The Morgan fingerprint density at radius 2 is 1.61 bits per heavy atom. The van der Waals surface area contributed by atoms with Crippen molar-refractivity contribution in [1.82, 2.24) is 0 Å². The second kappa shape index (κ2) is 10.0. The topological polar surface area (TPSA) is 66.8 Å². The number of carbonyl (C=O) groups excluding carboxylic acids is 2. The summed E-state index contributed by atoms with van der Waals surface area (Å²) in [7, 11) is 1.61. The number of nitrogens with zero attached hydrogens (tertiary/aromatic N) is 1. The fourth-order valence-corrected chi connectivity index (χ4v) is 4.76. The molecule has 4 rings (SSSR count). The Hall–Kier alpha value is -3.86. The van der Waals surface area contributed by atoms with Crippen molar-refractivity contribution >= 4 is 23.1 Å². The molecule has 0 spiro atoms. The van der Waals surface area contributed by atoms with Crippen LogP contribution >= 0.6 is 0 Å². The highest BCUT2D eigenvalue weighted by atomic mass is 16.5. The number of benzene rings is 3. The van der Waals surface area contributed by atoms with Crippen LogP contribution in [0.5, 0.6) is 5.75 Å². The number of amides is 1. The summed E-state index contributed by atoms with van der Waals surface area (Å²) in [6.45, 7) is 10.2. The molecule has 1 fully saturated rings. The molecule has 1 aliphatic heterocycles. The largest absolute Gasteiger partial charge is 0.507 e. The molecule has 0 bridgehead atoms. The molecule has 1 atom stereocenters. The van der Waals surface area contributed by atoms with Crippen molar-refractivity contribution in [3.05, 3.63) is 100 Å². The van der Waals surface area contributed by atoms with E-state index in [1.54, 1.807) is 19.2 Å². The van der Waals surface area contributed by atoms with Gasteiger partial charge < -0.3 is 9.84 Å². The van der Waals surface area contributed by atoms with Crippen LogP contribution in [-0.4, -0.2) is 23.9 Å². The van der Waals surface area contributed by atoms with Crippen molar-refractivity contribution in [3.63, 3.8) is 0 Å². The fraction of sp³-hybridized carbons (Fsp3) is 0.290. The third kappa shape index (κ3) is 4.53. The van der Waals surface area contributed by atoms with Crippen LogP contribution in [0.15, 0.2) is 72.3 Å². The SMILES string of the molecule is COc1ccc(/C(O)=C2/C(=O)C(=O)N(c3ccc(C(C)C)cc3)C2c2cccc(C)c2)cc1C(C)C. The van der Waals surface area contributed by atoms with Crippen LogP contribution in [0.3, 0.4) is 0 Å². The first kappa shape index (κ1) is 25.2. The maximum atomic E-state index is 13.5. The summed E-state index contributed by atoms with van der Waals surface area (Å²) < 4.78 is 5.48. The molecule has 0 aromatic heterocycles. The molecule has 0 aliphatic carbocycles. The maximum Gasteiger partial charge on any atom is 0.300 e. The molecule has 3 aromatic rings. The van der Waals surface area contributed by atoms with Crippen molar-refractivity contribution in [2.45, 2.75) is 52.5 Å². The summed E-state index contributed by atoms with van der Waals surface area (Å²) in [5.41, 5.74) is 4.99. The molecule has 186 valence electrons. The average molecular weight is 484 g/mol. The summed E-state index contributed by atoms with van der Waals surface area (Å²) in [6, 6.07) is 20.0. The molecular weight excluding hydrogens is 450 g/mol. The van der Waals surface area contributed by atoms with Crippen molar-refractivity contribution in [1.29, 1.82) is 0 Å². The van der Waals surface area contributed by atoms with Gasteiger partial charge in [0.1, 0.15) is 11.5 Å². The summed E-state index contributed by atoms with van der Waals surface area (Å²) in [5.74, 6) is -0.352. The Labute approximate surface area is 213 Å². The Morgan fingerprint density at radius 3 is 2.19 bits per heavy atom. The van der Waals surface area contributed by atoms with Crippen molar-refractivity contribution < 1.29 is 19.4 Å². The van der Waals surface area contributed by atoms with E-state index < -0.39 is 17.7 Å².